The van der Waals surface area contributed by atoms with E-state index in [0.29, 0.717) is 6.42 Å². The van der Waals surface area contributed by atoms with E-state index >= 15 is 0 Å². The number of nitrogens with zero attached hydrogens (tertiary/aromatic N) is 2. The molecular formula is C12H22N4O. The van der Waals surface area contributed by atoms with Crippen molar-refractivity contribution in [2.75, 3.05) is 23.8 Å². The van der Waals surface area contributed by atoms with Crippen molar-refractivity contribution in [3.63, 3.8) is 0 Å². The molecule has 0 amide bonds. The molecule has 0 spiro atoms. The van der Waals surface area contributed by atoms with Crippen LogP contribution < -0.4 is 10.6 Å². The van der Waals surface area contributed by atoms with Crippen LogP contribution in [0.5, 0.6) is 0 Å². The normalized spacial score (nSPS) is 14.1. The third kappa shape index (κ3) is 4.19. The molecule has 1 atom stereocenters. The molecule has 0 aliphatic carbocycles. The second-order valence-corrected chi connectivity index (χ2v) is 4.33. The highest BCUT2D eigenvalue weighted by Gasteiger charge is 2.21. The van der Waals surface area contributed by atoms with E-state index in [1.807, 2.05) is 6.92 Å². The SMILES string of the molecule is CCNc1cncc(NC(C)(CC)CCO)n1. The van der Waals surface area contributed by atoms with Crippen LogP contribution in [0.4, 0.5) is 11.6 Å². The number of aliphatic hydroxyl groups excluding tert-OH is 1. The van der Waals surface area contributed by atoms with Gasteiger partial charge in [0.05, 0.1) is 12.4 Å². The molecule has 1 aromatic rings. The van der Waals surface area contributed by atoms with Gasteiger partial charge in [0, 0.05) is 18.7 Å². The van der Waals surface area contributed by atoms with Crippen molar-refractivity contribution in [1.29, 1.82) is 0 Å². The maximum atomic E-state index is 9.06. The van der Waals surface area contributed by atoms with Crippen LogP contribution in [0.25, 0.3) is 0 Å². The first-order chi connectivity index (χ1) is 8.13. The summed E-state index contributed by atoms with van der Waals surface area (Å²) in [5.41, 5.74) is -0.145. The van der Waals surface area contributed by atoms with Gasteiger partial charge in [0.2, 0.25) is 0 Å². The lowest BCUT2D eigenvalue weighted by molar-refractivity contribution is 0.252. The van der Waals surface area contributed by atoms with Crippen LogP contribution >= 0.6 is 0 Å². The summed E-state index contributed by atoms with van der Waals surface area (Å²) in [7, 11) is 0. The molecule has 0 saturated carbocycles. The lowest BCUT2D eigenvalue weighted by atomic mass is 9.95. The summed E-state index contributed by atoms with van der Waals surface area (Å²) in [5, 5.41) is 15.5. The zero-order chi connectivity index (χ0) is 12.7. The Morgan fingerprint density at radius 2 is 2.00 bits per heavy atom. The Morgan fingerprint density at radius 1 is 1.29 bits per heavy atom. The lowest BCUT2D eigenvalue weighted by Crippen LogP contribution is -2.35. The van der Waals surface area contributed by atoms with Gasteiger partial charge in [0.25, 0.3) is 0 Å². The Balaban J connectivity index is 2.75. The molecule has 0 aromatic carbocycles. The Labute approximate surface area is 103 Å². The molecule has 0 aliphatic heterocycles. The summed E-state index contributed by atoms with van der Waals surface area (Å²) in [6, 6.07) is 0. The van der Waals surface area contributed by atoms with E-state index in [1.54, 1.807) is 12.4 Å². The molecule has 1 rings (SSSR count). The number of hydrogen-bond donors (Lipinski definition) is 3. The van der Waals surface area contributed by atoms with Crippen LogP contribution in [0, 0.1) is 0 Å². The van der Waals surface area contributed by atoms with E-state index in [1.165, 1.54) is 0 Å². The average molecular weight is 238 g/mol. The van der Waals surface area contributed by atoms with Gasteiger partial charge in [-0.1, -0.05) is 6.92 Å². The quantitative estimate of drug-likeness (QED) is 0.676. The largest absolute Gasteiger partial charge is 0.396 e. The molecule has 96 valence electrons. The van der Waals surface area contributed by atoms with Gasteiger partial charge in [0.1, 0.15) is 11.6 Å². The van der Waals surface area contributed by atoms with Crippen molar-refractivity contribution in [3.8, 4) is 0 Å². The highest BCUT2D eigenvalue weighted by molar-refractivity contribution is 5.43. The molecule has 0 bridgehead atoms. The highest BCUT2D eigenvalue weighted by atomic mass is 16.3. The Kier molecular flexibility index (Phi) is 5.15. The van der Waals surface area contributed by atoms with Crippen molar-refractivity contribution in [1.82, 2.24) is 9.97 Å². The lowest BCUT2D eigenvalue weighted by Gasteiger charge is -2.29. The molecule has 0 aliphatic rings. The smallest absolute Gasteiger partial charge is 0.147 e. The summed E-state index contributed by atoms with van der Waals surface area (Å²) in [5.74, 6) is 1.50. The van der Waals surface area contributed by atoms with Crippen molar-refractivity contribution in [3.05, 3.63) is 12.4 Å². The van der Waals surface area contributed by atoms with Crippen LogP contribution in [0.1, 0.15) is 33.6 Å². The fourth-order valence-electron chi connectivity index (χ4n) is 1.58. The molecule has 3 N–H and O–H groups in total. The van der Waals surface area contributed by atoms with Crippen LogP contribution in [-0.4, -0.2) is 33.8 Å². The molecule has 0 radical (unpaired) electrons. The topological polar surface area (TPSA) is 70.1 Å². The van der Waals surface area contributed by atoms with Gasteiger partial charge in [-0.15, -0.1) is 0 Å². The number of nitrogens with one attached hydrogen (secondary N) is 2. The van der Waals surface area contributed by atoms with E-state index in [9.17, 15) is 0 Å². The van der Waals surface area contributed by atoms with Gasteiger partial charge in [-0.25, -0.2) is 4.98 Å². The molecule has 17 heavy (non-hydrogen) atoms. The first-order valence-electron chi connectivity index (χ1n) is 6.08. The van der Waals surface area contributed by atoms with Gasteiger partial charge in [-0.2, -0.15) is 0 Å². The first-order valence-corrected chi connectivity index (χ1v) is 6.08. The van der Waals surface area contributed by atoms with Crippen LogP contribution in [0.3, 0.4) is 0 Å². The van der Waals surface area contributed by atoms with Gasteiger partial charge in [-0.3, -0.25) is 4.98 Å². The summed E-state index contributed by atoms with van der Waals surface area (Å²) in [4.78, 5) is 8.54. The zero-order valence-electron chi connectivity index (χ0n) is 10.8. The number of hydrogen-bond acceptors (Lipinski definition) is 5. The van der Waals surface area contributed by atoms with Gasteiger partial charge < -0.3 is 15.7 Å². The van der Waals surface area contributed by atoms with Crippen molar-refractivity contribution >= 4 is 11.6 Å². The monoisotopic (exact) mass is 238 g/mol. The number of aromatic nitrogens is 2. The Morgan fingerprint density at radius 3 is 2.59 bits per heavy atom. The molecule has 0 saturated heterocycles. The van der Waals surface area contributed by atoms with Gasteiger partial charge in [0.15, 0.2) is 0 Å². The van der Waals surface area contributed by atoms with Crippen LogP contribution in [0.2, 0.25) is 0 Å². The van der Waals surface area contributed by atoms with Crippen LogP contribution in [-0.2, 0) is 0 Å². The molecule has 5 heteroatoms. The summed E-state index contributed by atoms with van der Waals surface area (Å²) < 4.78 is 0. The second-order valence-electron chi connectivity index (χ2n) is 4.33. The minimum absolute atomic E-state index is 0.145. The third-order valence-electron chi connectivity index (χ3n) is 2.87. The number of aliphatic hydroxyl groups is 1. The summed E-state index contributed by atoms with van der Waals surface area (Å²) in [6.07, 6.45) is 5.01. The summed E-state index contributed by atoms with van der Waals surface area (Å²) in [6.45, 7) is 7.16. The summed E-state index contributed by atoms with van der Waals surface area (Å²) >= 11 is 0. The molecule has 0 fully saturated rings. The minimum atomic E-state index is -0.145. The average Bonchev–Trinajstić information content (AvgIpc) is 2.30. The van der Waals surface area contributed by atoms with E-state index in [2.05, 4.69) is 34.4 Å². The Hall–Kier alpha value is -1.36. The second kappa shape index (κ2) is 6.39. The zero-order valence-corrected chi connectivity index (χ0v) is 10.8. The van der Waals surface area contributed by atoms with E-state index in [-0.39, 0.29) is 12.1 Å². The molecule has 1 aromatic heterocycles. The molecule has 1 heterocycles. The minimum Gasteiger partial charge on any atom is -0.396 e. The van der Waals surface area contributed by atoms with Crippen LogP contribution in [0.15, 0.2) is 12.4 Å². The third-order valence-corrected chi connectivity index (χ3v) is 2.87. The Bertz CT molecular complexity index is 345. The van der Waals surface area contributed by atoms with Crippen molar-refractivity contribution < 1.29 is 5.11 Å². The first kappa shape index (κ1) is 13.7. The molecule has 1 unspecified atom stereocenters. The molecular weight excluding hydrogens is 216 g/mol. The predicted octanol–water partition coefficient (Wildman–Crippen LogP) is 1.87. The maximum absolute atomic E-state index is 9.06. The maximum Gasteiger partial charge on any atom is 0.147 e. The van der Waals surface area contributed by atoms with E-state index < -0.39 is 0 Å². The van der Waals surface area contributed by atoms with E-state index in [4.69, 9.17) is 5.11 Å². The fourth-order valence-corrected chi connectivity index (χ4v) is 1.58. The standard InChI is InChI=1S/C12H22N4O/c1-4-12(3,6-7-17)16-11-9-13-8-10(15-11)14-5-2/h8-9,17H,4-7H2,1-3H3,(H2,14,15,16). The van der Waals surface area contributed by atoms with Crippen molar-refractivity contribution in [2.45, 2.75) is 39.2 Å². The van der Waals surface area contributed by atoms with Gasteiger partial charge in [-0.05, 0) is 26.7 Å². The fraction of sp³-hybridized carbons (Fsp3) is 0.667. The number of anilines is 2. The predicted molar refractivity (Wildman–Crippen MR) is 70.2 cm³/mol. The number of rotatable bonds is 7. The van der Waals surface area contributed by atoms with E-state index in [0.717, 1.165) is 24.6 Å². The van der Waals surface area contributed by atoms with Crippen molar-refractivity contribution in [2.24, 2.45) is 0 Å². The molecule has 5 nitrogen and oxygen atoms in total. The van der Waals surface area contributed by atoms with Gasteiger partial charge >= 0.3 is 0 Å². The highest BCUT2D eigenvalue weighted by Crippen LogP contribution is 2.20.